The Hall–Kier alpha value is -3.87. The summed E-state index contributed by atoms with van der Waals surface area (Å²) in [4.78, 5) is 33.2. The fourth-order valence-corrected chi connectivity index (χ4v) is 3.65. The Bertz CT molecular complexity index is 1030. The summed E-state index contributed by atoms with van der Waals surface area (Å²) in [6.45, 7) is 2.72. The maximum atomic E-state index is 14.8. The van der Waals surface area contributed by atoms with E-state index in [-0.39, 0.29) is 6.54 Å². The van der Waals surface area contributed by atoms with E-state index in [1.165, 1.54) is 18.0 Å². The van der Waals surface area contributed by atoms with Crippen molar-refractivity contribution in [3.8, 4) is 17.3 Å². The van der Waals surface area contributed by atoms with Crippen molar-refractivity contribution in [3.63, 3.8) is 0 Å². The molecule has 1 atom stereocenters. The summed E-state index contributed by atoms with van der Waals surface area (Å²) in [5, 5.41) is 11.4. The minimum atomic E-state index is -0.924. The van der Waals surface area contributed by atoms with Crippen molar-refractivity contribution in [1.29, 1.82) is 5.26 Å². The van der Waals surface area contributed by atoms with E-state index in [1.54, 1.807) is 29.3 Å². The van der Waals surface area contributed by atoms with E-state index < -0.39 is 23.9 Å². The number of benzene rings is 1. The molecular weight excluding hydrogens is 403 g/mol. The number of carbonyl (C=O) groups is 2. The summed E-state index contributed by atoms with van der Waals surface area (Å²) in [6.07, 6.45) is 2.13. The number of nitrogens with zero attached hydrogens (tertiary/aromatic N) is 5. The molecule has 2 amide bonds. The van der Waals surface area contributed by atoms with Gasteiger partial charge in [0.2, 0.25) is 0 Å². The third-order valence-electron chi connectivity index (χ3n) is 5.42. The zero-order valence-electron chi connectivity index (χ0n) is 16.9. The molecule has 1 aromatic carbocycles. The first-order valence-corrected chi connectivity index (χ1v) is 9.85. The van der Waals surface area contributed by atoms with Crippen molar-refractivity contribution >= 4 is 23.5 Å². The normalized spacial score (nSPS) is 18.5. The first-order chi connectivity index (χ1) is 15.0. The number of hydrogen-bond acceptors (Lipinski definition) is 7. The second-order valence-corrected chi connectivity index (χ2v) is 7.24. The molecule has 0 radical (unpaired) electrons. The number of anilines is 2. The van der Waals surface area contributed by atoms with Crippen LogP contribution >= 0.6 is 0 Å². The number of nitriles is 1. The number of aromatic nitrogens is 1. The number of piperazine rings is 1. The van der Waals surface area contributed by atoms with Crippen LogP contribution in [0.4, 0.5) is 20.7 Å². The van der Waals surface area contributed by atoms with Gasteiger partial charge in [0.1, 0.15) is 11.6 Å². The van der Waals surface area contributed by atoms with Gasteiger partial charge in [-0.25, -0.2) is 14.2 Å². The van der Waals surface area contributed by atoms with Crippen LogP contribution in [0.3, 0.4) is 0 Å². The highest BCUT2D eigenvalue weighted by Crippen LogP contribution is 2.29. The van der Waals surface area contributed by atoms with Gasteiger partial charge in [-0.2, -0.15) is 5.26 Å². The first kappa shape index (κ1) is 20.4. The number of halogens is 1. The Morgan fingerprint density at radius 1 is 1.26 bits per heavy atom. The lowest BCUT2D eigenvalue weighted by atomic mass is 10.1. The van der Waals surface area contributed by atoms with E-state index in [4.69, 9.17) is 10.00 Å². The van der Waals surface area contributed by atoms with E-state index in [1.807, 2.05) is 6.07 Å². The molecule has 0 bridgehead atoms. The van der Waals surface area contributed by atoms with Gasteiger partial charge < -0.3 is 19.9 Å². The summed E-state index contributed by atoms with van der Waals surface area (Å²) in [5.41, 5.74) is 1.28. The van der Waals surface area contributed by atoms with Crippen molar-refractivity contribution in [2.24, 2.45) is 0 Å². The average molecular weight is 424 g/mol. The number of cyclic esters (lactones) is 1. The third-order valence-corrected chi connectivity index (χ3v) is 5.42. The molecule has 9 nitrogen and oxygen atoms in total. The molecule has 160 valence electrons. The average Bonchev–Trinajstić information content (AvgIpc) is 3.20. The van der Waals surface area contributed by atoms with Gasteiger partial charge in [0.15, 0.2) is 12.3 Å². The Morgan fingerprint density at radius 3 is 2.65 bits per heavy atom. The molecule has 2 fully saturated rings. The monoisotopic (exact) mass is 424 g/mol. The molecule has 0 spiro atoms. The van der Waals surface area contributed by atoms with Crippen LogP contribution in [0, 0.1) is 17.3 Å². The molecule has 2 aromatic rings. The third kappa shape index (κ3) is 4.07. The Labute approximate surface area is 178 Å². The van der Waals surface area contributed by atoms with Crippen LogP contribution in [0.2, 0.25) is 0 Å². The number of hydrogen-bond donors (Lipinski definition) is 1. The molecular formula is C21H21FN6O3. The molecule has 10 heteroatoms. The minimum Gasteiger partial charge on any atom is -0.434 e. The lowest BCUT2D eigenvalue weighted by molar-refractivity contribution is -0.127. The molecule has 0 aliphatic carbocycles. The Kier molecular flexibility index (Phi) is 5.58. The van der Waals surface area contributed by atoms with E-state index in [9.17, 15) is 14.0 Å². The summed E-state index contributed by atoms with van der Waals surface area (Å²) in [6, 6.07) is 8.06. The van der Waals surface area contributed by atoms with Crippen LogP contribution in [0.25, 0.3) is 11.1 Å². The zero-order chi connectivity index (χ0) is 22.0. The molecule has 2 saturated heterocycles. The van der Waals surface area contributed by atoms with Gasteiger partial charge in [-0.05, 0) is 30.3 Å². The van der Waals surface area contributed by atoms with Crippen molar-refractivity contribution < 1.29 is 18.7 Å². The van der Waals surface area contributed by atoms with Crippen molar-refractivity contribution in [2.75, 3.05) is 49.6 Å². The second kappa shape index (κ2) is 8.47. The number of nitrogens with one attached hydrogen (secondary N) is 1. The lowest BCUT2D eigenvalue weighted by Crippen LogP contribution is -2.44. The van der Waals surface area contributed by atoms with E-state index >= 15 is 0 Å². The molecule has 4 rings (SSSR count). The summed E-state index contributed by atoms with van der Waals surface area (Å²) >= 11 is 0. The van der Waals surface area contributed by atoms with E-state index in [2.05, 4.69) is 21.4 Å². The molecule has 31 heavy (non-hydrogen) atoms. The number of pyridine rings is 1. The van der Waals surface area contributed by atoms with Crippen molar-refractivity contribution in [3.05, 3.63) is 42.3 Å². The lowest BCUT2D eigenvalue weighted by Gasteiger charge is -2.32. The Morgan fingerprint density at radius 2 is 2.03 bits per heavy atom. The van der Waals surface area contributed by atoms with Gasteiger partial charge in [-0.3, -0.25) is 9.69 Å². The van der Waals surface area contributed by atoms with Gasteiger partial charge in [0.05, 0.1) is 12.2 Å². The Balaban J connectivity index is 1.48. The van der Waals surface area contributed by atoms with Crippen molar-refractivity contribution in [2.45, 2.75) is 6.10 Å². The minimum absolute atomic E-state index is 0.0204. The van der Waals surface area contributed by atoms with E-state index in [0.29, 0.717) is 43.0 Å². The maximum absolute atomic E-state index is 14.8. The number of likely N-dealkylation sites (N-methyl/N-ethyl adjacent to an activating group) is 1. The van der Waals surface area contributed by atoms with E-state index in [0.717, 1.165) is 5.82 Å². The standard InChI is InChI=1S/C21H21FN6O3/c1-24-20(29)18-12-28(21(30)31-18)15-3-4-16(17(22)10-15)14-2-5-19(25-11-14)27-8-6-26(13-23)7-9-27/h2-5,10-11,18H,6-9,12H2,1H3,(H,24,29)/t18-/m1/s1. The zero-order valence-corrected chi connectivity index (χ0v) is 16.9. The van der Waals surface area contributed by atoms with Crippen LogP contribution in [-0.2, 0) is 9.53 Å². The largest absolute Gasteiger partial charge is 0.434 e. The second-order valence-electron chi connectivity index (χ2n) is 7.24. The smallest absolute Gasteiger partial charge is 0.415 e. The topological polar surface area (TPSA) is 102 Å². The van der Waals surface area contributed by atoms with Gasteiger partial charge in [-0.15, -0.1) is 0 Å². The number of rotatable bonds is 4. The summed E-state index contributed by atoms with van der Waals surface area (Å²) < 4.78 is 19.9. The first-order valence-electron chi connectivity index (χ1n) is 9.85. The molecule has 2 aliphatic rings. The van der Waals surface area contributed by atoms with Gasteiger partial charge in [0.25, 0.3) is 5.91 Å². The molecule has 0 unspecified atom stereocenters. The van der Waals surface area contributed by atoms with Gasteiger partial charge in [0, 0.05) is 50.6 Å². The summed E-state index contributed by atoms with van der Waals surface area (Å²) in [7, 11) is 1.46. The fourth-order valence-electron chi connectivity index (χ4n) is 3.65. The van der Waals surface area contributed by atoms with Gasteiger partial charge in [-0.1, -0.05) is 0 Å². The fraction of sp³-hybridized carbons (Fsp3) is 0.333. The highest BCUT2D eigenvalue weighted by atomic mass is 19.1. The predicted octanol–water partition coefficient (Wildman–Crippen LogP) is 1.56. The number of amides is 2. The summed E-state index contributed by atoms with van der Waals surface area (Å²) in [5.74, 6) is -0.141. The number of ether oxygens (including phenoxy) is 1. The van der Waals surface area contributed by atoms with Crippen LogP contribution in [0.5, 0.6) is 0 Å². The quantitative estimate of drug-likeness (QED) is 0.743. The predicted molar refractivity (Wildman–Crippen MR) is 111 cm³/mol. The van der Waals surface area contributed by atoms with Crippen LogP contribution < -0.4 is 15.1 Å². The van der Waals surface area contributed by atoms with Gasteiger partial charge >= 0.3 is 6.09 Å². The highest BCUT2D eigenvalue weighted by molar-refractivity contribution is 5.95. The molecule has 3 heterocycles. The number of carbonyl (C=O) groups excluding carboxylic acids is 2. The van der Waals surface area contributed by atoms with Crippen LogP contribution in [0.15, 0.2) is 36.5 Å². The molecule has 2 aliphatic heterocycles. The maximum Gasteiger partial charge on any atom is 0.415 e. The highest BCUT2D eigenvalue weighted by Gasteiger charge is 2.36. The van der Waals surface area contributed by atoms with Crippen LogP contribution in [-0.4, -0.2) is 67.8 Å². The molecule has 0 saturated carbocycles. The van der Waals surface area contributed by atoms with Crippen LogP contribution in [0.1, 0.15) is 0 Å². The molecule has 1 N–H and O–H groups in total. The molecule has 1 aromatic heterocycles. The van der Waals surface area contributed by atoms with Crippen molar-refractivity contribution in [1.82, 2.24) is 15.2 Å². The SMILES string of the molecule is CNC(=O)[C@H]1CN(c2ccc(-c3ccc(N4CCN(C#N)CC4)nc3)c(F)c2)C(=O)O1.